The molecule has 10 heavy (non-hydrogen) atoms. The van der Waals surface area contributed by atoms with E-state index >= 15 is 0 Å². The summed E-state index contributed by atoms with van der Waals surface area (Å²) in [5.41, 5.74) is 0. The van der Waals surface area contributed by atoms with Gasteiger partial charge in [0.2, 0.25) is 0 Å². The minimum absolute atomic E-state index is 0.0104. The van der Waals surface area contributed by atoms with Gasteiger partial charge in [0.1, 0.15) is 0 Å². The lowest BCUT2D eigenvalue weighted by Gasteiger charge is -2.22. The van der Waals surface area contributed by atoms with Gasteiger partial charge >= 0.3 is 0 Å². The summed E-state index contributed by atoms with van der Waals surface area (Å²) < 4.78 is 0. The highest BCUT2D eigenvalue weighted by molar-refractivity contribution is 5.09. The maximum absolute atomic E-state index is 9.64. The Morgan fingerprint density at radius 3 is 2.80 bits per heavy atom. The van der Waals surface area contributed by atoms with E-state index in [0.717, 1.165) is 11.8 Å². The first-order valence-electron chi connectivity index (χ1n) is 4.28. The lowest BCUT2D eigenvalue weighted by atomic mass is 9.88. The van der Waals surface area contributed by atoms with Gasteiger partial charge in [0.15, 0.2) is 0 Å². The smallest absolute Gasteiger partial charge is 0.0724 e. The first-order chi connectivity index (χ1) is 4.86. The molecule has 0 spiro atoms. The zero-order valence-corrected chi connectivity index (χ0v) is 5.96. The van der Waals surface area contributed by atoms with Gasteiger partial charge in [0.05, 0.1) is 6.10 Å². The van der Waals surface area contributed by atoms with Crippen molar-refractivity contribution in [3.63, 3.8) is 0 Å². The number of aliphatic hydroxyl groups excluding tert-OH is 1. The van der Waals surface area contributed by atoms with Crippen molar-refractivity contribution in [3.8, 4) is 0 Å². The zero-order valence-electron chi connectivity index (χ0n) is 5.96. The van der Waals surface area contributed by atoms with Crippen LogP contribution in [0, 0.1) is 17.8 Å². The van der Waals surface area contributed by atoms with E-state index in [1.54, 1.807) is 0 Å². The van der Waals surface area contributed by atoms with Gasteiger partial charge < -0.3 is 10.4 Å². The molecule has 0 aromatic rings. The third-order valence-corrected chi connectivity index (χ3v) is 3.71. The summed E-state index contributed by atoms with van der Waals surface area (Å²) >= 11 is 0. The molecule has 2 bridgehead atoms. The van der Waals surface area contributed by atoms with Crippen molar-refractivity contribution in [3.05, 3.63) is 0 Å². The average molecular weight is 139 g/mol. The van der Waals surface area contributed by atoms with E-state index in [-0.39, 0.29) is 6.10 Å². The van der Waals surface area contributed by atoms with E-state index in [9.17, 15) is 5.11 Å². The molecular weight excluding hydrogens is 126 g/mol. The second-order valence-corrected chi connectivity index (χ2v) is 4.08. The summed E-state index contributed by atoms with van der Waals surface area (Å²) in [6, 6.07) is 0.476. The summed E-state index contributed by atoms with van der Waals surface area (Å²) in [5, 5.41) is 13.1. The zero-order chi connectivity index (χ0) is 6.72. The van der Waals surface area contributed by atoms with E-state index < -0.39 is 0 Å². The van der Waals surface area contributed by atoms with Crippen LogP contribution in [0.15, 0.2) is 0 Å². The summed E-state index contributed by atoms with van der Waals surface area (Å²) in [4.78, 5) is 0. The Morgan fingerprint density at radius 2 is 2.10 bits per heavy atom. The fraction of sp³-hybridized carbons (Fsp3) is 1.00. The van der Waals surface area contributed by atoms with Crippen LogP contribution in [0.1, 0.15) is 12.8 Å². The number of fused-ring (bicyclic) bond motifs is 1. The second kappa shape index (κ2) is 1.56. The van der Waals surface area contributed by atoms with Crippen LogP contribution in [0.25, 0.3) is 0 Å². The lowest BCUT2D eigenvalue weighted by molar-refractivity contribution is 0.0909. The molecule has 56 valence electrons. The van der Waals surface area contributed by atoms with Crippen LogP contribution in [0.3, 0.4) is 0 Å². The average Bonchev–Trinajstić information content (AvgIpc) is 2.43. The summed E-state index contributed by atoms with van der Waals surface area (Å²) in [6.45, 7) is 1.17. The van der Waals surface area contributed by atoms with Crippen molar-refractivity contribution < 1.29 is 5.11 Å². The number of hydrogen-bond acceptors (Lipinski definition) is 2. The van der Waals surface area contributed by atoms with Crippen LogP contribution in [0.5, 0.6) is 0 Å². The molecule has 3 rings (SSSR count). The number of aliphatic hydroxyl groups is 1. The quantitative estimate of drug-likeness (QED) is 0.494. The maximum Gasteiger partial charge on any atom is 0.0724 e. The van der Waals surface area contributed by atoms with Crippen LogP contribution in [0.4, 0.5) is 0 Å². The van der Waals surface area contributed by atoms with Crippen molar-refractivity contribution >= 4 is 0 Å². The molecule has 3 aliphatic rings. The monoisotopic (exact) mass is 139 g/mol. The SMILES string of the molecule is O[C@@H]1[C@H]2C[C@@H]3CN[C@@H]1[C@@H]3C2. The van der Waals surface area contributed by atoms with E-state index in [2.05, 4.69) is 5.32 Å². The van der Waals surface area contributed by atoms with Crippen LogP contribution < -0.4 is 5.32 Å². The number of hydrogen-bond donors (Lipinski definition) is 2. The maximum atomic E-state index is 9.64. The molecule has 1 aliphatic heterocycles. The molecule has 2 aliphatic carbocycles. The first-order valence-corrected chi connectivity index (χ1v) is 4.28. The molecular formula is C8H13NO. The van der Waals surface area contributed by atoms with E-state index in [0.29, 0.717) is 12.0 Å². The summed E-state index contributed by atoms with van der Waals surface area (Å²) in [6.07, 6.45) is 2.57. The Labute approximate surface area is 60.6 Å². The molecule has 0 radical (unpaired) electrons. The van der Waals surface area contributed by atoms with Crippen LogP contribution in [-0.2, 0) is 0 Å². The Kier molecular flexibility index (Phi) is 0.868. The molecule has 0 aromatic carbocycles. The summed E-state index contributed by atoms with van der Waals surface area (Å²) in [5.74, 6) is 2.40. The summed E-state index contributed by atoms with van der Waals surface area (Å²) in [7, 11) is 0. The second-order valence-electron chi connectivity index (χ2n) is 4.08. The van der Waals surface area contributed by atoms with Gasteiger partial charge in [-0.15, -0.1) is 0 Å². The highest BCUT2D eigenvalue weighted by Crippen LogP contribution is 2.51. The van der Waals surface area contributed by atoms with E-state index in [4.69, 9.17) is 0 Å². The minimum Gasteiger partial charge on any atom is -0.391 e. The van der Waals surface area contributed by atoms with Gasteiger partial charge in [-0.25, -0.2) is 0 Å². The molecule has 0 amide bonds. The predicted octanol–water partition coefficient (Wildman–Crippen LogP) is -0.0249. The molecule has 0 aromatic heterocycles. The fourth-order valence-electron chi connectivity index (χ4n) is 3.26. The molecule has 0 unspecified atom stereocenters. The third kappa shape index (κ3) is 0.453. The number of nitrogens with one attached hydrogen (secondary N) is 1. The van der Waals surface area contributed by atoms with Gasteiger partial charge in [-0.1, -0.05) is 0 Å². The van der Waals surface area contributed by atoms with Crippen LogP contribution in [0.2, 0.25) is 0 Å². The van der Waals surface area contributed by atoms with Gasteiger partial charge in [-0.3, -0.25) is 0 Å². The molecule has 2 saturated carbocycles. The molecule has 1 saturated heterocycles. The molecule has 2 nitrogen and oxygen atoms in total. The minimum atomic E-state index is -0.0104. The lowest BCUT2D eigenvalue weighted by Crippen LogP contribution is -2.37. The Balaban J connectivity index is 2.00. The fourth-order valence-corrected chi connectivity index (χ4v) is 3.26. The third-order valence-electron chi connectivity index (χ3n) is 3.71. The number of rotatable bonds is 0. The van der Waals surface area contributed by atoms with Crippen molar-refractivity contribution in [2.24, 2.45) is 17.8 Å². The highest BCUT2D eigenvalue weighted by atomic mass is 16.3. The van der Waals surface area contributed by atoms with Crippen molar-refractivity contribution in [1.29, 1.82) is 0 Å². The molecule has 5 atom stereocenters. The van der Waals surface area contributed by atoms with E-state index in [1.165, 1.54) is 19.4 Å². The predicted molar refractivity (Wildman–Crippen MR) is 37.5 cm³/mol. The molecule has 3 fully saturated rings. The van der Waals surface area contributed by atoms with Gasteiger partial charge in [0.25, 0.3) is 0 Å². The Hall–Kier alpha value is -0.0800. The van der Waals surface area contributed by atoms with Gasteiger partial charge in [-0.2, -0.15) is 0 Å². The molecule has 1 heterocycles. The van der Waals surface area contributed by atoms with Crippen molar-refractivity contribution in [2.75, 3.05) is 6.54 Å². The van der Waals surface area contributed by atoms with E-state index in [1.807, 2.05) is 0 Å². The molecule has 2 N–H and O–H groups in total. The van der Waals surface area contributed by atoms with Gasteiger partial charge in [-0.05, 0) is 37.1 Å². The Bertz CT molecular complexity index is 169. The largest absolute Gasteiger partial charge is 0.391 e. The standard InChI is InChI=1S/C8H13NO/c10-8-4-1-5-3-9-7(8)6(5)2-4/h4-10H,1-3H2/t4-,5+,6+,7+,8+/m0/s1. The van der Waals surface area contributed by atoms with Crippen LogP contribution in [-0.4, -0.2) is 23.8 Å². The van der Waals surface area contributed by atoms with Gasteiger partial charge in [0, 0.05) is 6.04 Å². The first kappa shape index (κ1) is 5.56. The Morgan fingerprint density at radius 1 is 1.20 bits per heavy atom. The normalized spacial score (nSPS) is 63.9. The van der Waals surface area contributed by atoms with Crippen molar-refractivity contribution in [2.45, 2.75) is 25.0 Å². The topological polar surface area (TPSA) is 32.3 Å². The highest BCUT2D eigenvalue weighted by Gasteiger charge is 2.55. The van der Waals surface area contributed by atoms with Crippen LogP contribution >= 0.6 is 0 Å². The molecule has 2 heteroatoms. The van der Waals surface area contributed by atoms with Crippen molar-refractivity contribution in [1.82, 2.24) is 5.32 Å².